The number of benzene rings is 3. The Balaban J connectivity index is 1.54. The van der Waals surface area contributed by atoms with Crippen LogP contribution in [0.15, 0.2) is 76.4 Å². The lowest BCUT2D eigenvalue weighted by atomic mass is 10.2. The zero-order chi connectivity index (χ0) is 22.5. The fourth-order valence-corrected chi connectivity index (χ4v) is 5.67. The van der Waals surface area contributed by atoms with Gasteiger partial charge in [-0.25, -0.2) is 18.4 Å². The standard InChI is InChI=1S/C23H18N4O3S2/c1-14-24-20-9-4-3-8-19(20)23(28)27(14)17-7-5-6-16(12-17)26-32(29,30)18-10-11-21-22(13-18)31-15(2)25-21/h3-13,26H,1-2H3. The molecule has 0 unspecified atom stereocenters. The third-order valence-electron chi connectivity index (χ3n) is 5.08. The van der Waals surface area contributed by atoms with Gasteiger partial charge in [-0.1, -0.05) is 18.2 Å². The maximum absolute atomic E-state index is 13.1. The van der Waals surface area contributed by atoms with Crippen LogP contribution in [0.2, 0.25) is 0 Å². The lowest BCUT2D eigenvalue weighted by molar-refractivity contribution is 0.601. The summed E-state index contributed by atoms with van der Waals surface area (Å²) in [4.78, 5) is 22.1. The largest absolute Gasteiger partial charge is 0.280 e. The van der Waals surface area contributed by atoms with Gasteiger partial charge in [-0.3, -0.25) is 14.1 Å². The Bertz CT molecular complexity index is 1670. The SMILES string of the molecule is Cc1nc2ccc(S(=O)(=O)Nc3cccc(-n4c(C)nc5ccccc5c4=O)c3)cc2s1. The highest BCUT2D eigenvalue weighted by molar-refractivity contribution is 7.92. The van der Waals surface area contributed by atoms with E-state index in [9.17, 15) is 13.2 Å². The number of nitrogens with zero attached hydrogens (tertiary/aromatic N) is 3. The average Bonchev–Trinajstić information content (AvgIpc) is 3.13. The minimum Gasteiger partial charge on any atom is -0.280 e. The topological polar surface area (TPSA) is 93.9 Å². The van der Waals surface area contributed by atoms with Gasteiger partial charge in [0.05, 0.1) is 42.4 Å². The Morgan fingerprint density at radius 2 is 1.72 bits per heavy atom. The maximum Gasteiger partial charge on any atom is 0.265 e. The molecule has 32 heavy (non-hydrogen) atoms. The highest BCUT2D eigenvalue weighted by Gasteiger charge is 2.17. The van der Waals surface area contributed by atoms with Crippen molar-refractivity contribution in [3.05, 3.63) is 87.9 Å². The van der Waals surface area contributed by atoms with Crippen molar-refractivity contribution in [3.8, 4) is 5.69 Å². The Morgan fingerprint density at radius 1 is 0.906 bits per heavy atom. The summed E-state index contributed by atoms with van der Waals surface area (Å²) >= 11 is 1.44. The quantitative estimate of drug-likeness (QED) is 0.427. The first kappa shape index (κ1) is 20.3. The van der Waals surface area contributed by atoms with Gasteiger partial charge in [0, 0.05) is 0 Å². The number of aromatic nitrogens is 3. The summed E-state index contributed by atoms with van der Waals surface area (Å²) in [7, 11) is -3.82. The predicted octanol–water partition coefficient (Wildman–Crippen LogP) is 4.41. The normalized spacial score (nSPS) is 11.8. The van der Waals surface area contributed by atoms with E-state index in [1.54, 1.807) is 61.5 Å². The molecule has 2 aromatic heterocycles. The van der Waals surface area contributed by atoms with E-state index >= 15 is 0 Å². The summed E-state index contributed by atoms with van der Waals surface area (Å²) in [5.41, 5.74) is 2.06. The first-order chi connectivity index (χ1) is 15.3. The molecule has 0 atom stereocenters. The van der Waals surface area contributed by atoms with Gasteiger partial charge in [0.15, 0.2) is 0 Å². The van der Waals surface area contributed by atoms with E-state index in [0.29, 0.717) is 28.1 Å². The monoisotopic (exact) mass is 462 g/mol. The van der Waals surface area contributed by atoms with Crippen molar-refractivity contribution in [1.29, 1.82) is 0 Å². The molecule has 0 aliphatic carbocycles. The summed E-state index contributed by atoms with van der Waals surface area (Å²) in [5, 5.41) is 1.37. The van der Waals surface area contributed by atoms with Gasteiger partial charge in [0.25, 0.3) is 15.6 Å². The minimum absolute atomic E-state index is 0.153. The molecule has 0 fully saturated rings. The molecule has 0 bridgehead atoms. The number of rotatable bonds is 4. The van der Waals surface area contributed by atoms with Crippen molar-refractivity contribution in [1.82, 2.24) is 14.5 Å². The van der Waals surface area contributed by atoms with Crippen LogP contribution in [0.4, 0.5) is 5.69 Å². The number of fused-ring (bicyclic) bond motifs is 2. The first-order valence-electron chi connectivity index (χ1n) is 9.81. The highest BCUT2D eigenvalue weighted by Crippen LogP contribution is 2.26. The van der Waals surface area contributed by atoms with E-state index in [0.717, 1.165) is 15.2 Å². The van der Waals surface area contributed by atoms with Crippen LogP contribution >= 0.6 is 11.3 Å². The second kappa shape index (κ2) is 7.54. The third-order valence-corrected chi connectivity index (χ3v) is 7.39. The third kappa shape index (κ3) is 3.55. The van der Waals surface area contributed by atoms with Crippen LogP contribution in [-0.2, 0) is 10.0 Å². The zero-order valence-electron chi connectivity index (χ0n) is 17.2. The lowest BCUT2D eigenvalue weighted by Crippen LogP contribution is -2.22. The molecule has 0 amide bonds. The minimum atomic E-state index is -3.82. The van der Waals surface area contributed by atoms with Crippen LogP contribution < -0.4 is 10.3 Å². The number of para-hydroxylation sites is 1. The Labute approximate surface area is 188 Å². The van der Waals surface area contributed by atoms with E-state index in [1.807, 2.05) is 13.0 Å². The number of aryl methyl sites for hydroxylation is 2. The molecule has 5 rings (SSSR count). The fraction of sp³-hybridized carbons (Fsp3) is 0.0870. The molecule has 0 aliphatic heterocycles. The van der Waals surface area contributed by atoms with Crippen LogP contribution in [0, 0.1) is 13.8 Å². The summed E-state index contributed by atoms with van der Waals surface area (Å²) in [5.74, 6) is 0.514. The van der Waals surface area contributed by atoms with Crippen molar-refractivity contribution in [2.75, 3.05) is 4.72 Å². The second-order valence-corrected chi connectivity index (χ2v) is 10.3. The molecule has 9 heteroatoms. The number of hydrogen-bond acceptors (Lipinski definition) is 6. The Hall–Kier alpha value is -3.56. The van der Waals surface area contributed by atoms with Crippen LogP contribution in [0.5, 0.6) is 0 Å². The summed E-state index contributed by atoms with van der Waals surface area (Å²) < 4.78 is 30.9. The maximum atomic E-state index is 13.1. The molecule has 0 spiro atoms. The van der Waals surface area contributed by atoms with E-state index in [-0.39, 0.29) is 10.5 Å². The van der Waals surface area contributed by atoms with E-state index in [4.69, 9.17) is 0 Å². The zero-order valence-corrected chi connectivity index (χ0v) is 18.9. The molecule has 5 aromatic rings. The van der Waals surface area contributed by atoms with Gasteiger partial charge < -0.3 is 0 Å². The molecule has 160 valence electrons. The van der Waals surface area contributed by atoms with Crippen molar-refractivity contribution >= 4 is 48.2 Å². The molecule has 0 radical (unpaired) electrons. The van der Waals surface area contributed by atoms with Gasteiger partial charge in [-0.15, -0.1) is 11.3 Å². The van der Waals surface area contributed by atoms with Gasteiger partial charge in [-0.05, 0) is 62.4 Å². The Kier molecular flexibility index (Phi) is 4.79. The molecule has 1 N–H and O–H groups in total. The van der Waals surface area contributed by atoms with Gasteiger partial charge in [-0.2, -0.15) is 0 Å². The molecule has 0 aliphatic rings. The van der Waals surface area contributed by atoms with E-state index in [2.05, 4.69) is 14.7 Å². The van der Waals surface area contributed by atoms with E-state index in [1.165, 1.54) is 22.0 Å². The molecule has 0 saturated heterocycles. The van der Waals surface area contributed by atoms with Gasteiger partial charge in [0.2, 0.25) is 0 Å². The van der Waals surface area contributed by atoms with Crippen LogP contribution in [0.3, 0.4) is 0 Å². The molecular weight excluding hydrogens is 444 g/mol. The van der Waals surface area contributed by atoms with Crippen LogP contribution in [-0.4, -0.2) is 23.0 Å². The molecule has 2 heterocycles. The van der Waals surface area contributed by atoms with Crippen LogP contribution in [0.1, 0.15) is 10.8 Å². The Morgan fingerprint density at radius 3 is 2.56 bits per heavy atom. The summed E-state index contributed by atoms with van der Waals surface area (Å²) in [6, 6.07) is 18.7. The summed E-state index contributed by atoms with van der Waals surface area (Å²) in [6.45, 7) is 3.63. The van der Waals surface area contributed by atoms with Crippen molar-refractivity contribution in [2.45, 2.75) is 18.7 Å². The molecule has 3 aromatic carbocycles. The predicted molar refractivity (Wildman–Crippen MR) is 127 cm³/mol. The van der Waals surface area contributed by atoms with E-state index < -0.39 is 10.0 Å². The molecule has 0 saturated carbocycles. The second-order valence-electron chi connectivity index (χ2n) is 7.33. The van der Waals surface area contributed by atoms with Gasteiger partial charge in [0.1, 0.15) is 5.82 Å². The average molecular weight is 463 g/mol. The van der Waals surface area contributed by atoms with Gasteiger partial charge >= 0.3 is 0 Å². The smallest absolute Gasteiger partial charge is 0.265 e. The number of hydrogen-bond donors (Lipinski definition) is 1. The van der Waals surface area contributed by atoms with Crippen molar-refractivity contribution in [3.63, 3.8) is 0 Å². The fourth-order valence-electron chi connectivity index (χ4n) is 3.66. The lowest BCUT2D eigenvalue weighted by Gasteiger charge is -2.13. The molecular formula is C23H18N4O3S2. The first-order valence-corrected chi connectivity index (χ1v) is 12.1. The highest BCUT2D eigenvalue weighted by atomic mass is 32.2. The van der Waals surface area contributed by atoms with Crippen molar-refractivity contribution < 1.29 is 8.42 Å². The van der Waals surface area contributed by atoms with Crippen molar-refractivity contribution in [2.24, 2.45) is 0 Å². The van der Waals surface area contributed by atoms with Crippen LogP contribution in [0.25, 0.3) is 26.8 Å². The number of nitrogens with one attached hydrogen (secondary N) is 1. The number of anilines is 1. The number of thiazole rings is 1. The summed E-state index contributed by atoms with van der Waals surface area (Å²) in [6.07, 6.45) is 0. The number of sulfonamides is 1. The molecule has 7 nitrogen and oxygen atoms in total.